The van der Waals surface area contributed by atoms with Crippen LogP contribution in [0, 0.1) is 10.8 Å². The van der Waals surface area contributed by atoms with Crippen molar-refractivity contribution in [2.24, 2.45) is 10.5 Å². The SMILES string of the molecule is CC(=O)NCC(CSN=O)C(=O)O. The predicted molar refractivity (Wildman–Crippen MR) is 48.1 cm³/mol. The van der Waals surface area contributed by atoms with E-state index in [-0.39, 0.29) is 18.2 Å². The van der Waals surface area contributed by atoms with Crippen LogP contribution in [0.25, 0.3) is 0 Å². The first-order chi connectivity index (χ1) is 6.07. The van der Waals surface area contributed by atoms with Crippen molar-refractivity contribution < 1.29 is 14.7 Å². The van der Waals surface area contributed by atoms with E-state index in [0.29, 0.717) is 11.9 Å². The smallest absolute Gasteiger partial charge is 0.309 e. The summed E-state index contributed by atoms with van der Waals surface area (Å²) in [5.41, 5.74) is 0. The number of nitrogens with zero attached hydrogens (tertiary/aromatic N) is 1. The van der Waals surface area contributed by atoms with Gasteiger partial charge in [-0.25, -0.2) is 0 Å². The largest absolute Gasteiger partial charge is 0.481 e. The van der Waals surface area contributed by atoms with Crippen LogP contribution in [0.1, 0.15) is 6.92 Å². The van der Waals surface area contributed by atoms with Gasteiger partial charge < -0.3 is 10.4 Å². The summed E-state index contributed by atoms with van der Waals surface area (Å²) >= 11 is 0.634. The third-order valence-electron chi connectivity index (χ3n) is 1.28. The highest BCUT2D eigenvalue weighted by atomic mass is 32.2. The van der Waals surface area contributed by atoms with E-state index in [9.17, 15) is 14.5 Å². The molecule has 0 aliphatic heterocycles. The minimum atomic E-state index is -1.05. The van der Waals surface area contributed by atoms with Crippen LogP contribution >= 0.6 is 11.9 Å². The van der Waals surface area contributed by atoms with E-state index in [0.717, 1.165) is 0 Å². The Morgan fingerprint density at radius 3 is 2.62 bits per heavy atom. The third kappa shape index (κ3) is 6.09. The quantitative estimate of drug-likeness (QED) is 0.479. The summed E-state index contributed by atoms with van der Waals surface area (Å²) in [5, 5.41) is 11.0. The summed E-state index contributed by atoms with van der Waals surface area (Å²) in [4.78, 5) is 30.7. The zero-order chi connectivity index (χ0) is 10.3. The van der Waals surface area contributed by atoms with Crippen LogP contribution in [0.2, 0.25) is 0 Å². The molecule has 0 saturated heterocycles. The second-order valence-corrected chi connectivity index (χ2v) is 3.08. The molecule has 13 heavy (non-hydrogen) atoms. The number of hydrogen-bond donors (Lipinski definition) is 2. The summed E-state index contributed by atoms with van der Waals surface area (Å²) in [6.07, 6.45) is 0. The van der Waals surface area contributed by atoms with Gasteiger partial charge in [0.05, 0.1) is 5.92 Å². The molecule has 0 spiro atoms. The van der Waals surface area contributed by atoms with Crippen LogP contribution in [0.15, 0.2) is 4.58 Å². The number of carbonyl (C=O) groups is 2. The van der Waals surface area contributed by atoms with E-state index in [1.807, 2.05) is 0 Å². The van der Waals surface area contributed by atoms with E-state index in [4.69, 9.17) is 5.11 Å². The lowest BCUT2D eigenvalue weighted by molar-refractivity contribution is -0.140. The van der Waals surface area contributed by atoms with Crippen LogP contribution in [-0.2, 0) is 9.59 Å². The molecule has 2 N–H and O–H groups in total. The second-order valence-electron chi connectivity index (χ2n) is 2.34. The molecule has 74 valence electrons. The molecular weight excluding hydrogens is 196 g/mol. The maximum Gasteiger partial charge on any atom is 0.309 e. The second kappa shape index (κ2) is 6.41. The molecule has 1 amide bonds. The van der Waals surface area contributed by atoms with E-state index in [2.05, 4.69) is 9.90 Å². The van der Waals surface area contributed by atoms with Gasteiger partial charge in [-0.15, -0.1) is 4.91 Å². The van der Waals surface area contributed by atoms with Gasteiger partial charge in [-0.1, -0.05) is 0 Å². The van der Waals surface area contributed by atoms with E-state index in [1.165, 1.54) is 6.92 Å². The normalized spacial score (nSPS) is 11.8. The molecule has 0 fully saturated rings. The number of nitrogens with one attached hydrogen (secondary N) is 1. The molecule has 0 aromatic rings. The van der Waals surface area contributed by atoms with Gasteiger partial charge in [0.1, 0.15) is 0 Å². The van der Waals surface area contributed by atoms with Gasteiger partial charge in [0, 0.05) is 35.8 Å². The number of aliphatic carboxylic acids is 1. The van der Waals surface area contributed by atoms with Gasteiger partial charge in [0.15, 0.2) is 0 Å². The van der Waals surface area contributed by atoms with E-state index >= 15 is 0 Å². The van der Waals surface area contributed by atoms with E-state index in [1.54, 1.807) is 0 Å². The average Bonchev–Trinajstić information content (AvgIpc) is 2.03. The molecule has 7 heteroatoms. The number of amides is 1. The minimum absolute atomic E-state index is 0.0210. The molecule has 1 unspecified atom stereocenters. The zero-order valence-electron chi connectivity index (χ0n) is 7.02. The van der Waals surface area contributed by atoms with Gasteiger partial charge in [-0.3, -0.25) is 9.59 Å². The molecule has 0 rings (SSSR count). The van der Waals surface area contributed by atoms with Crippen LogP contribution < -0.4 is 5.32 Å². The summed E-state index contributed by atoms with van der Waals surface area (Å²) in [5.74, 6) is -2.05. The van der Waals surface area contributed by atoms with Crippen molar-refractivity contribution >= 4 is 23.8 Å². The topological polar surface area (TPSA) is 95.8 Å². The summed E-state index contributed by atoms with van der Waals surface area (Å²) in [6, 6.07) is 0. The standard InChI is InChI=1S/C6H10N2O4S/c1-4(9)7-2-5(6(10)11)3-13-8-12/h5H,2-3H2,1H3,(H,7,9)(H,10,11). The lowest BCUT2D eigenvalue weighted by atomic mass is 10.2. The van der Waals surface area contributed by atoms with Crippen molar-refractivity contribution in [2.75, 3.05) is 12.3 Å². The Kier molecular flexibility index (Phi) is 5.86. The van der Waals surface area contributed by atoms with Gasteiger partial charge in [-0.2, -0.15) is 0 Å². The number of carbonyl (C=O) groups excluding carboxylic acids is 1. The fourth-order valence-corrected chi connectivity index (χ4v) is 1.11. The van der Waals surface area contributed by atoms with Crippen molar-refractivity contribution in [3.05, 3.63) is 4.91 Å². The highest BCUT2D eigenvalue weighted by Crippen LogP contribution is 2.08. The van der Waals surface area contributed by atoms with Crippen molar-refractivity contribution in [3.8, 4) is 0 Å². The number of carboxylic acid groups (broad SMARTS) is 1. The van der Waals surface area contributed by atoms with Crippen LogP contribution in [-0.4, -0.2) is 29.3 Å². The molecule has 0 aromatic heterocycles. The predicted octanol–water partition coefficient (Wildman–Crippen LogP) is 0.238. The van der Waals surface area contributed by atoms with Gasteiger partial charge in [0.2, 0.25) is 5.91 Å². The minimum Gasteiger partial charge on any atom is -0.481 e. The molecule has 0 radical (unpaired) electrons. The first-order valence-corrected chi connectivity index (χ1v) is 4.44. The summed E-state index contributed by atoms with van der Waals surface area (Å²) in [6.45, 7) is 1.32. The van der Waals surface area contributed by atoms with Crippen molar-refractivity contribution in [1.29, 1.82) is 0 Å². The first-order valence-electron chi connectivity index (χ1n) is 3.49. The van der Waals surface area contributed by atoms with Crippen molar-refractivity contribution in [1.82, 2.24) is 5.32 Å². The number of hydrogen-bond acceptors (Lipinski definition) is 5. The molecule has 0 bridgehead atoms. The van der Waals surface area contributed by atoms with Crippen molar-refractivity contribution in [2.45, 2.75) is 6.92 Å². The lowest BCUT2D eigenvalue weighted by Crippen LogP contribution is -2.32. The Morgan fingerprint density at radius 2 is 2.23 bits per heavy atom. The van der Waals surface area contributed by atoms with Crippen LogP contribution in [0.4, 0.5) is 0 Å². The lowest BCUT2D eigenvalue weighted by Gasteiger charge is -2.09. The number of carboxylic acids is 1. The summed E-state index contributed by atoms with van der Waals surface area (Å²) in [7, 11) is 0. The van der Waals surface area contributed by atoms with Gasteiger partial charge in [0.25, 0.3) is 0 Å². The molecule has 1 atom stereocenters. The van der Waals surface area contributed by atoms with Gasteiger partial charge >= 0.3 is 5.97 Å². The molecular formula is C6H10N2O4S. The Hall–Kier alpha value is -1.11. The first kappa shape index (κ1) is 11.9. The molecule has 0 aliphatic carbocycles. The number of rotatable bonds is 6. The van der Waals surface area contributed by atoms with Gasteiger partial charge in [-0.05, 0) is 0 Å². The molecule has 0 aromatic carbocycles. The van der Waals surface area contributed by atoms with Crippen molar-refractivity contribution in [3.63, 3.8) is 0 Å². The average molecular weight is 206 g/mol. The fourth-order valence-electron chi connectivity index (χ4n) is 0.605. The molecule has 0 saturated carbocycles. The number of nitroso groups, excluding NO2 is 1. The monoisotopic (exact) mass is 206 g/mol. The van der Waals surface area contributed by atoms with Crippen LogP contribution in [0.3, 0.4) is 0 Å². The Balaban J connectivity index is 3.87. The molecule has 0 heterocycles. The Morgan fingerprint density at radius 1 is 1.62 bits per heavy atom. The Bertz CT molecular complexity index is 209. The third-order valence-corrected chi connectivity index (χ3v) is 1.93. The highest BCUT2D eigenvalue weighted by Gasteiger charge is 2.17. The maximum absolute atomic E-state index is 10.5. The fraction of sp³-hybridized carbons (Fsp3) is 0.667. The highest BCUT2D eigenvalue weighted by molar-refractivity contribution is 7.97. The van der Waals surface area contributed by atoms with E-state index < -0.39 is 11.9 Å². The summed E-state index contributed by atoms with van der Waals surface area (Å²) < 4.78 is 2.48. The Labute approximate surface area is 79.2 Å². The molecule has 0 aliphatic rings. The zero-order valence-corrected chi connectivity index (χ0v) is 7.84. The van der Waals surface area contributed by atoms with Crippen LogP contribution in [0.5, 0.6) is 0 Å². The molecule has 6 nitrogen and oxygen atoms in total. The maximum atomic E-state index is 10.5.